The Morgan fingerprint density at radius 1 is 1.60 bits per heavy atom. The Kier molecular flexibility index (Phi) is 4.37. The molecule has 0 bridgehead atoms. The molecule has 1 aromatic rings. The van der Waals surface area contributed by atoms with Crippen LogP contribution in [0.3, 0.4) is 0 Å². The number of carbonyl (C=O) groups is 1. The van der Waals surface area contributed by atoms with Gasteiger partial charge in [-0.25, -0.2) is 0 Å². The van der Waals surface area contributed by atoms with Crippen LogP contribution in [-0.2, 0) is 17.9 Å². The van der Waals surface area contributed by atoms with Gasteiger partial charge in [0.25, 0.3) is 0 Å². The molecule has 0 aliphatic heterocycles. The van der Waals surface area contributed by atoms with Crippen LogP contribution < -0.4 is 11.1 Å². The van der Waals surface area contributed by atoms with Crippen molar-refractivity contribution in [3.8, 4) is 0 Å². The molecule has 1 aromatic heterocycles. The van der Waals surface area contributed by atoms with Gasteiger partial charge in [0.05, 0.1) is 0 Å². The van der Waals surface area contributed by atoms with Crippen LogP contribution in [0.1, 0.15) is 26.0 Å². The summed E-state index contributed by atoms with van der Waals surface area (Å²) in [6.07, 6.45) is 2.45. The van der Waals surface area contributed by atoms with Gasteiger partial charge in [0.1, 0.15) is 0 Å². The fourth-order valence-corrected chi connectivity index (χ4v) is 1.47. The molecule has 0 aliphatic rings. The predicted molar refractivity (Wildman–Crippen MR) is 60.2 cm³/mol. The van der Waals surface area contributed by atoms with Crippen LogP contribution in [0.5, 0.6) is 0 Å². The number of nitrogens with zero attached hydrogens (tertiary/aromatic N) is 1. The number of nitrogens with two attached hydrogens (primary N) is 1. The van der Waals surface area contributed by atoms with Crippen LogP contribution >= 0.6 is 0 Å². The summed E-state index contributed by atoms with van der Waals surface area (Å²) in [6, 6.07) is 4.12. The maximum absolute atomic E-state index is 11.4. The molecule has 0 aliphatic carbocycles. The Labute approximate surface area is 90.5 Å². The highest BCUT2D eigenvalue weighted by atomic mass is 16.1. The number of nitrogens with one attached hydrogen (secondary N) is 1. The van der Waals surface area contributed by atoms with Crippen LogP contribution in [0.4, 0.5) is 0 Å². The first-order chi connectivity index (χ1) is 7.13. The third-order valence-corrected chi connectivity index (χ3v) is 2.16. The molecule has 4 heteroatoms. The van der Waals surface area contributed by atoms with Gasteiger partial charge in [-0.15, -0.1) is 0 Å². The van der Waals surface area contributed by atoms with E-state index in [2.05, 4.69) is 5.32 Å². The van der Waals surface area contributed by atoms with Crippen molar-refractivity contribution < 1.29 is 4.79 Å². The minimum Gasteiger partial charge on any atom is -0.354 e. The van der Waals surface area contributed by atoms with E-state index in [0.29, 0.717) is 19.5 Å². The molecule has 4 nitrogen and oxygen atoms in total. The number of rotatable bonds is 5. The second-order valence-corrected chi connectivity index (χ2v) is 3.87. The van der Waals surface area contributed by atoms with Crippen molar-refractivity contribution in [2.24, 2.45) is 5.73 Å². The molecule has 0 fully saturated rings. The third kappa shape index (κ3) is 3.75. The molecule has 0 unspecified atom stereocenters. The molecule has 1 rings (SSSR count). The van der Waals surface area contributed by atoms with Crippen molar-refractivity contribution in [2.75, 3.05) is 0 Å². The van der Waals surface area contributed by atoms with E-state index >= 15 is 0 Å². The molecular formula is C11H19N3O. The van der Waals surface area contributed by atoms with Gasteiger partial charge in [0.15, 0.2) is 0 Å². The molecule has 0 saturated carbocycles. The molecule has 0 radical (unpaired) electrons. The number of amides is 1. The lowest BCUT2D eigenvalue weighted by Crippen LogP contribution is -2.30. The molecule has 3 N–H and O–H groups in total. The Morgan fingerprint density at radius 3 is 2.93 bits per heavy atom. The zero-order chi connectivity index (χ0) is 11.3. The van der Waals surface area contributed by atoms with Crippen molar-refractivity contribution in [1.82, 2.24) is 9.88 Å². The number of aryl methyl sites for hydroxylation is 1. The Hall–Kier alpha value is -1.29. The normalized spacial score (nSPS) is 10.7. The van der Waals surface area contributed by atoms with Gasteiger partial charge in [-0.2, -0.15) is 0 Å². The summed E-state index contributed by atoms with van der Waals surface area (Å²) < 4.78 is 2.01. The molecule has 15 heavy (non-hydrogen) atoms. The van der Waals surface area contributed by atoms with E-state index in [4.69, 9.17) is 5.73 Å². The van der Waals surface area contributed by atoms with Crippen LogP contribution in [0.25, 0.3) is 0 Å². The number of hydrogen-bond donors (Lipinski definition) is 2. The maximum atomic E-state index is 11.4. The topological polar surface area (TPSA) is 60.0 Å². The molecule has 84 valence electrons. The van der Waals surface area contributed by atoms with Gasteiger partial charge >= 0.3 is 0 Å². The van der Waals surface area contributed by atoms with Crippen LogP contribution in [0.2, 0.25) is 0 Å². The first kappa shape index (κ1) is 11.8. The summed E-state index contributed by atoms with van der Waals surface area (Å²) in [7, 11) is 0. The lowest BCUT2D eigenvalue weighted by molar-refractivity contribution is -0.121. The molecular weight excluding hydrogens is 190 g/mol. The molecule has 0 spiro atoms. The highest BCUT2D eigenvalue weighted by Gasteiger charge is 2.04. The van der Waals surface area contributed by atoms with E-state index in [1.807, 2.05) is 36.7 Å². The average Bonchev–Trinajstić information content (AvgIpc) is 2.60. The zero-order valence-corrected chi connectivity index (χ0v) is 9.36. The molecule has 1 heterocycles. The van der Waals surface area contributed by atoms with E-state index in [0.717, 1.165) is 5.69 Å². The van der Waals surface area contributed by atoms with Crippen molar-refractivity contribution >= 4 is 5.91 Å². The summed E-state index contributed by atoms with van der Waals surface area (Å²) in [5.74, 6) is 0.0849. The average molecular weight is 209 g/mol. The second kappa shape index (κ2) is 5.56. The highest BCUT2D eigenvalue weighted by Crippen LogP contribution is 2.02. The fraction of sp³-hybridized carbons (Fsp3) is 0.545. The maximum Gasteiger partial charge on any atom is 0.221 e. The summed E-state index contributed by atoms with van der Waals surface area (Å²) in [5, 5.41) is 2.86. The fourth-order valence-electron chi connectivity index (χ4n) is 1.47. The number of hydrogen-bond acceptors (Lipinski definition) is 2. The zero-order valence-electron chi connectivity index (χ0n) is 9.36. The first-order valence-corrected chi connectivity index (χ1v) is 5.27. The SMILES string of the molecule is CC(C)NC(=O)CCn1cccc1CN. The van der Waals surface area contributed by atoms with Crippen molar-refractivity contribution in [3.63, 3.8) is 0 Å². The number of aromatic nitrogens is 1. The van der Waals surface area contributed by atoms with Gasteiger partial charge < -0.3 is 15.6 Å². The van der Waals surface area contributed by atoms with E-state index in [-0.39, 0.29) is 11.9 Å². The smallest absolute Gasteiger partial charge is 0.221 e. The van der Waals surface area contributed by atoms with E-state index in [9.17, 15) is 4.79 Å². The monoisotopic (exact) mass is 209 g/mol. The van der Waals surface area contributed by atoms with Gasteiger partial charge in [-0.1, -0.05) is 0 Å². The van der Waals surface area contributed by atoms with Gasteiger partial charge in [-0.05, 0) is 26.0 Å². The Bertz CT molecular complexity index is 317. The van der Waals surface area contributed by atoms with Crippen LogP contribution in [0.15, 0.2) is 18.3 Å². The van der Waals surface area contributed by atoms with Crippen molar-refractivity contribution in [3.05, 3.63) is 24.0 Å². The second-order valence-electron chi connectivity index (χ2n) is 3.87. The molecule has 1 amide bonds. The number of carbonyl (C=O) groups excluding carboxylic acids is 1. The van der Waals surface area contributed by atoms with Gasteiger partial charge in [0.2, 0.25) is 5.91 Å². The predicted octanol–water partition coefficient (Wildman–Crippen LogP) is 0.861. The van der Waals surface area contributed by atoms with E-state index in [1.54, 1.807) is 0 Å². The Balaban J connectivity index is 2.40. The minimum absolute atomic E-state index is 0.0849. The van der Waals surface area contributed by atoms with Gasteiger partial charge in [-0.3, -0.25) is 4.79 Å². The summed E-state index contributed by atoms with van der Waals surface area (Å²) in [5.41, 5.74) is 6.62. The molecule has 0 aromatic carbocycles. The van der Waals surface area contributed by atoms with E-state index < -0.39 is 0 Å². The first-order valence-electron chi connectivity index (χ1n) is 5.27. The quantitative estimate of drug-likeness (QED) is 0.755. The van der Waals surface area contributed by atoms with Crippen molar-refractivity contribution in [1.29, 1.82) is 0 Å². The van der Waals surface area contributed by atoms with Gasteiger partial charge in [0, 0.05) is 37.4 Å². The van der Waals surface area contributed by atoms with Crippen LogP contribution in [-0.4, -0.2) is 16.5 Å². The van der Waals surface area contributed by atoms with Crippen molar-refractivity contribution in [2.45, 2.75) is 39.4 Å². The summed E-state index contributed by atoms with van der Waals surface area (Å²) >= 11 is 0. The largest absolute Gasteiger partial charge is 0.354 e. The third-order valence-electron chi connectivity index (χ3n) is 2.16. The standard InChI is InChI=1S/C11H19N3O/c1-9(2)13-11(15)5-7-14-6-3-4-10(14)8-12/h3-4,6,9H,5,7-8,12H2,1-2H3,(H,13,15). The van der Waals surface area contributed by atoms with Crippen LogP contribution in [0, 0.1) is 0 Å². The minimum atomic E-state index is 0.0849. The summed E-state index contributed by atoms with van der Waals surface area (Å²) in [6.45, 7) is 5.12. The lowest BCUT2D eigenvalue weighted by atomic mass is 10.3. The highest BCUT2D eigenvalue weighted by molar-refractivity contribution is 5.76. The van der Waals surface area contributed by atoms with E-state index in [1.165, 1.54) is 0 Å². The molecule has 0 atom stereocenters. The lowest BCUT2D eigenvalue weighted by Gasteiger charge is -2.10. The Morgan fingerprint density at radius 2 is 2.33 bits per heavy atom. The summed E-state index contributed by atoms with van der Waals surface area (Å²) in [4.78, 5) is 11.4. The molecule has 0 saturated heterocycles.